The van der Waals surface area contributed by atoms with Crippen LogP contribution in [0.2, 0.25) is 0 Å². The summed E-state index contributed by atoms with van der Waals surface area (Å²) in [5.41, 5.74) is 4.60. The number of hydrogen-bond acceptors (Lipinski definition) is 1. The van der Waals surface area contributed by atoms with Crippen LogP contribution in [-0.4, -0.2) is 4.98 Å². The van der Waals surface area contributed by atoms with Crippen molar-refractivity contribution in [2.24, 2.45) is 0 Å². The average Bonchev–Trinajstić information content (AvgIpc) is 2.62. The molecule has 24 heavy (non-hydrogen) atoms. The molecule has 0 fully saturated rings. The van der Waals surface area contributed by atoms with Gasteiger partial charge in [0, 0.05) is 11.8 Å². The van der Waals surface area contributed by atoms with Crippen LogP contribution in [0.15, 0.2) is 42.6 Å². The molecular weight excluding hydrogens is 290 g/mol. The van der Waals surface area contributed by atoms with E-state index in [1.807, 2.05) is 12.3 Å². The SMILES string of the molecule is CCCCCCCc1ccc(C#Cc2ccc(CCC)cn2)cc1. The van der Waals surface area contributed by atoms with Gasteiger partial charge in [-0.1, -0.05) is 70.1 Å². The Morgan fingerprint density at radius 2 is 1.46 bits per heavy atom. The molecule has 126 valence electrons. The summed E-state index contributed by atoms with van der Waals surface area (Å²) < 4.78 is 0. The van der Waals surface area contributed by atoms with Gasteiger partial charge < -0.3 is 0 Å². The molecule has 0 N–H and O–H groups in total. The second kappa shape index (κ2) is 10.7. The maximum absolute atomic E-state index is 4.42. The lowest BCUT2D eigenvalue weighted by Gasteiger charge is -2.01. The van der Waals surface area contributed by atoms with E-state index in [1.165, 1.54) is 49.7 Å². The van der Waals surface area contributed by atoms with Crippen molar-refractivity contribution in [1.82, 2.24) is 4.98 Å². The van der Waals surface area contributed by atoms with Crippen LogP contribution in [0.4, 0.5) is 0 Å². The number of unbranched alkanes of at least 4 members (excludes halogenated alkanes) is 4. The van der Waals surface area contributed by atoms with E-state index in [4.69, 9.17) is 0 Å². The zero-order valence-corrected chi connectivity index (χ0v) is 15.1. The normalized spacial score (nSPS) is 10.2. The van der Waals surface area contributed by atoms with Gasteiger partial charge in [0.15, 0.2) is 0 Å². The van der Waals surface area contributed by atoms with Crippen molar-refractivity contribution in [3.63, 3.8) is 0 Å². The fourth-order valence-corrected chi connectivity index (χ4v) is 2.76. The third-order valence-electron chi connectivity index (χ3n) is 4.22. The predicted octanol–water partition coefficient (Wildman–Crippen LogP) is 5.95. The first-order valence-electron chi connectivity index (χ1n) is 9.37. The molecule has 0 unspecified atom stereocenters. The quantitative estimate of drug-likeness (QED) is 0.433. The molecule has 1 aromatic heterocycles. The number of aryl methyl sites for hydroxylation is 2. The molecule has 0 radical (unpaired) electrons. The van der Waals surface area contributed by atoms with Gasteiger partial charge >= 0.3 is 0 Å². The van der Waals surface area contributed by atoms with E-state index in [0.717, 1.165) is 24.1 Å². The highest BCUT2D eigenvalue weighted by atomic mass is 14.7. The standard InChI is InChI=1S/C23H29N/c1-3-5-6-7-8-10-20-11-13-21(14-12-20)15-17-23-18-16-22(9-4-2)19-24-23/h11-14,16,18-19H,3-10H2,1-2H3. The molecule has 1 nitrogen and oxygen atoms in total. The lowest BCUT2D eigenvalue weighted by molar-refractivity contribution is 0.632. The van der Waals surface area contributed by atoms with Crippen LogP contribution in [0.25, 0.3) is 0 Å². The summed E-state index contributed by atoms with van der Waals surface area (Å²) in [5, 5.41) is 0. The van der Waals surface area contributed by atoms with E-state index in [9.17, 15) is 0 Å². The molecular formula is C23H29N. The minimum Gasteiger partial charge on any atom is -0.248 e. The Morgan fingerprint density at radius 3 is 2.12 bits per heavy atom. The Bertz CT molecular complexity index is 641. The molecule has 0 aliphatic rings. The van der Waals surface area contributed by atoms with E-state index in [1.54, 1.807) is 0 Å². The zero-order chi connectivity index (χ0) is 17.0. The summed E-state index contributed by atoms with van der Waals surface area (Å²) in [5.74, 6) is 6.37. The Morgan fingerprint density at radius 1 is 0.708 bits per heavy atom. The maximum Gasteiger partial charge on any atom is 0.113 e. The summed E-state index contributed by atoms with van der Waals surface area (Å²) in [6, 6.07) is 12.8. The monoisotopic (exact) mass is 319 g/mol. The number of aromatic nitrogens is 1. The molecule has 0 spiro atoms. The third kappa shape index (κ3) is 6.59. The van der Waals surface area contributed by atoms with Crippen LogP contribution < -0.4 is 0 Å². The molecule has 2 aromatic rings. The number of hydrogen-bond donors (Lipinski definition) is 0. The first-order valence-corrected chi connectivity index (χ1v) is 9.37. The Hall–Kier alpha value is -2.07. The molecule has 0 saturated heterocycles. The van der Waals surface area contributed by atoms with Gasteiger partial charge in [0.25, 0.3) is 0 Å². The number of nitrogens with zero attached hydrogens (tertiary/aromatic N) is 1. The largest absolute Gasteiger partial charge is 0.248 e. The van der Waals surface area contributed by atoms with Crippen LogP contribution in [0, 0.1) is 11.8 Å². The molecule has 0 saturated carbocycles. The Kier molecular flexibility index (Phi) is 8.11. The number of benzene rings is 1. The summed E-state index contributed by atoms with van der Waals surface area (Å²) in [7, 11) is 0. The van der Waals surface area contributed by atoms with Crippen molar-refractivity contribution in [3.8, 4) is 11.8 Å². The van der Waals surface area contributed by atoms with Crippen molar-refractivity contribution in [2.45, 2.75) is 65.2 Å². The minimum absolute atomic E-state index is 0.842. The highest BCUT2D eigenvalue weighted by Gasteiger charge is 1.95. The van der Waals surface area contributed by atoms with Gasteiger partial charge in [-0.05, 0) is 54.5 Å². The number of pyridine rings is 1. The highest BCUT2D eigenvalue weighted by Crippen LogP contribution is 2.10. The molecule has 0 aliphatic carbocycles. The van der Waals surface area contributed by atoms with Crippen molar-refractivity contribution in [3.05, 3.63) is 65.0 Å². The van der Waals surface area contributed by atoms with Crippen LogP contribution in [0.1, 0.15) is 74.8 Å². The van der Waals surface area contributed by atoms with Crippen molar-refractivity contribution in [1.29, 1.82) is 0 Å². The van der Waals surface area contributed by atoms with Crippen LogP contribution in [0.5, 0.6) is 0 Å². The lowest BCUT2D eigenvalue weighted by Crippen LogP contribution is -1.88. The van der Waals surface area contributed by atoms with Crippen LogP contribution in [0.3, 0.4) is 0 Å². The van der Waals surface area contributed by atoms with E-state index >= 15 is 0 Å². The summed E-state index contributed by atoms with van der Waals surface area (Å²) in [4.78, 5) is 4.42. The van der Waals surface area contributed by atoms with Crippen LogP contribution in [-0.2, 0) is 12.8 Å². The molecule has 1 heterocycles. The van der Waals surface area contributed by atoms with Gasteiger partial charge in [-0.15, -0.1) is 0 Å². The molecule has 2 rings (SSSR count). The lowest BCUT2D eigenvalue weighted by atomic mass is 10.0. The molecule has 1 heteroatoms. The van der Waals surface area contributed by atoms with E-state index in [-0.39, 0.29) is 0 Å². The fourth-order valence-electron chi connectivity index (χ4n) is 2.76. The van der Waals surface area contributed by atoms with Crippen molar-refractivity contribution in [2.75, 3.05) is 0 Å². The topological polar surface area (TPSA) is 12.9 Å². The molecule has 0 amide bonds. The fraction of sp³-hybridized carbons (Fsp3) is 0.435. The summed E-state index contributed by atoms with van der Waals surface area (Å²) in [6.07, 6.45) is 12.0. The van der Waals surface area contributed by atoms with Gasteiger partial charge in [-0.2, -0.15) is 0 Å². The highest BCUT2D eigenvalue weighted by molar-refractivity contribution is 5.41. The predicted molar refractivity (Wildman–Crippen MR) is 103 cm³/mol. The molecule has 1 aromatic carbocycles. The van der Waals surface area contributed by atoms with Crippen molar-refractivity contribution >= 4 is 0 Å². The van der Waals surface area contributed by atoms with E-state index < -0.39 is 0 Å². The third-order valence-corrected chi connectivity index (χ3v) is 4.22. The van der Waals surface area contributed by atoms with Gasteiger partial charge in [-0.3, -0.25) is 0 Å². The smallest absolute Gasteiger partial charge is 0.113 e. The van der Waals surface area contributed by atoms with Gasteiger partial charge in [0.1, 0.15) is 5.69 Å². The van der Waals surface area contributed by atoms with Crippen LogP contribution >= 0.6 is 0 Å². The first-order chi connectivity index (χ1) is 11.8. The average molecular weight is 319 g/mol. The second-order valence-electron chi connectivity index (χ2n) is 6.41. The first kappa shape index (κ1) is 18.3. The molecule has 0 aliphatic heterocycles. The van der Waals surface area contributed by atoms with E-state index in [2.05, 4.69) is 61.0 Å². The Balaban J connectivity index is 1.85. The van der Waals surface area contributed by atoms with Gasteiger partial charge in [0.2, 0.25) is 0 Å². The maximum atomic E-state index is 4.42. The van der Waals surface area contributed by atoms with Crippen molar-refractivity contribution < 1.29 is 0 Å². The van der Waals surface area contributed by atoms with E-state index in [0.29, 0.717) is 0 Å². The molecule has 0 bridgehead atoms. The second-order valence-corrected chi connectivity index (χ2v) is 6.41. The number of rotatable bonds is 8. The summed E-state index contributed by atoms with van der Waals surface area (Å²) in [6.45, 7) is 4.44. The summed E-state index contributed by atoms with van der Waals surface area (Å²) >= 11 is 0. The van der Waals surface area contributed by atoms with Gasteiger partial charge in [-0.25, -0.2) is 4.98 Å². The van der Waals surface area contributed by atoms with Gasteiger partial charge in [0.05, 0.1) is 0 Å². The minimum atomic E-state index is 0.842. The zero-order valence-electron chi connectivity index (χ0n) is 15.1. The Labute approximate surface area is 147 Å². The molecule has 0 atom stereocenters.